The van der Waals surface area contributed by atoms with Gasteiger partial charge in [-0.3, -0.25) is 9.78 Å². The number of aryl methyl sites for hydroxylation is 1. The molecule has 3 aromatic rings. The normalized spacial score (nSPS) is 10.6. The maximum absolute atomic E-state index is 12.7. The lowest BCUT2D eigenvalue weighted by atomic mass is 10.1. The van der Waals surface area contributed by atoms with E-state index in [1.54, 1.807) is 24.3 Å². The zero-order valence-corrected chi connectivity index (χ0v) is 15.6. The molecule has 0 fully saturated rings. The Morgan fingerprint density at radius 1 is 1.07 bits per heavy atom. The molecule has 0 spiro atoms. The van der Waals surface area contributed by atoms with Crippen molar-refractivity contribution in [3.8, 4) is 5.75 Å². The molecule has 2 aromatic carbocycles. The summed E-state index contributed by atoms with van der Waals surface area (Å²) in [6.07, 6.45) is 0. The van der Waals surface area contributed by atoms with E-state index in [1.165, 1.54) is 6.92 Å². The number of carbonyl (C=O) groups excluding carboxylic acids is 2. The summed E-state index contributed by atoms with van der Waals surface area (Å²) >= 11 is 0. The van der Waals surface area contributed by atoms with Crippen molar-refractivity contribution in [2.75, 3.05) is 6.61 Å². The summed E-state index contributed by atoms with van der Waals surface area (Å²) in [5.74, 6) is 0.111. The Labute approximate surface area is 157 Å². The number of pyridine rings is 1. The SMILES string of the molecule is CCOc1ccc(C(C)=O)cc1COC(=O)c1cc(C)nc2ccccc12. The highest BCUT2D eigenvalue weighted by atomic mass is 16.5. The van der Waals surface area contributed by atoms with Crippen LogP contribution in [0.1, 0.15) is 45.8 Å². The molecule has 5 heteroatoms. The van der Waals surface area contributed by atoms with E-state index in [-0.39, 0.29) is 12.4 Å². The monoisotopic (exact) mass is 363 g/mol. The Bertz CT molecular complexity index is 1010. The molecule has 0 N–H and O–H groups in total. The van der Waals surface area contributed by atoms with Gasteiger partial charge < -0.3 is 9.47 Å². The fourth-order valence-electron chi connectivity index (χ4n) is 2.91. The lowest BCUT2D eigenvalue weighted by Gasteiger charge is -2.13. The van der Waals surface area contributed by atoms with Crippen molar-refractivity contribution in [1.29, 1.82) is 0 Å². The van der Waals surface area contributed by atoms with E-state index in [9.17, 15) is 9.59 Å². The fraction of sp³-hybridized carbons (Fsp3) is 0.227. The second-order valence-corrected chi connectivity index (χ2v) is 6.22. The van der Waals surface area contributed by atoms with Gasteiger partial charge in [0.05, 0.1) is 17.7 Å². The van der Waals surface area contributed by atoms with Gasteiger partial charge in [0.15, 0.2) is 5.78 Å². The quantitative estimate of drug-likeness (QED) is 0.476. The number of nitrogens with zero attached hydrogens (tertiary/aromatic N) is 1. The molecule has 0 bridgehead atoms. The standard InChI is InChI=1S/C22H21NO4/c1-4-26-21-10-9-16(15(3)24)12-17(21)13-27-22(25)19-11-14(2)23-20-8-6-5-7-18(19)20/h5-12H,4,13H2,1-3H3. The van der Waals surface area contributed by atoms with Crippen molar-refractivity contribution < 1.29 is 19.1 Å². The third-order valence-corrected chi connectivity index (χ3v) is 4.19. The molecule has 1 heterocycles. The van der Waals surface area contributed by atoms with Gasteiger partial charge in [-0.1, -0.05) is 18.2 Å². The second-order valence-electron chi connectivity index (χ2n) is 6.22. The Balaban J connectivity index is 1.88. The largest absolute Gasteiger partial charge is 0.493 e. The molecular weight excluding hydrogens is 342 g/mol. The first-order valence-corrected chi connectivity index (χ1v) is 8.79. The average molecular weight is 363 g/mol. The van der Waals surface area contributed by atoms with Gasteiger partial charge >= 0.3 is 5.97 Å². The predicted octanol–water partition coefficient (Wildman–Crippen LogP) is 4.50. The second kappa shape index (κ2) is 7.99. The molecular formula is C22H21NO4. The van der Waals surface area contributed by atoms with Crippen LogP contribution in [0.2, 0.25) is 0 Å². The number of hydrogen-bond donors (Lipinski definition) is 0. The number of aromatic nitrogens is 1. The highest BCUT2D eigenvalue weighted by molar-refractivity contribution is 6.03. The van der Waals surface area contributed by atoms with E-state index in [0.717, 1.165) is 16.6 Å². The summed E-state index contributed by atoms with van der Waals surface area (Å²) in [4.78, 5) is 28.8. The minimum absolute atomic E-state index is 0.0188. The molecule has 3 rings (SSSR count). The Morgan fingerprint density at radius 3 is 2.59 bits per heavy atom. The van der Waals surface area contributed by atoms with Gasteiger partial charge in [-0.25, -0.2) is 4.79 Å². The van der Waals surface area contributed by atoms with Crippen LogP contribution in [0.5, 0.6) is 5.75 Å². The van der Waals surface area contributed by atoms with Crippen molar-refractivity contribution in [3.05, 3.63) is 70.9 Å². The molecule has 0 saturated carbocycles. The minimum atomic E-state index is -0.438. The third kappa shape index (κ3) is 4.14. The first-order valence-electron chi connectivity index (χ1n) is 8.79. The van der Waals surface area contributed by atoms with E-state index in [0.29, 0.717) is 29.0 Å². The lowest BCUT2D eigenvalue weighted by molar-refractivity contribution is 0.0472. The topological polar surface area (TPSA) is 65.5 Å². The molecule has 0 atom stereocenters. The zero-order valence-electron chi connectivity index (χ0n) is 15.6. The minimum Gasteiger partial charge on any atom is -0.493 e. The van der Waals surface area contributed by atoms with Crippen LogP contribution in [0.3, 0.4) is 0 Å². The Kier molecular flexibility index (Phi) is 5.50. The first-order chi connectivity index (χ1) is 13.0. The summed E-state index contributed by atoms with van der Waals surface area (Å²) in [5.41, 5.74) is 3.17. The number of carbonyl (C=O) groups is 2. The number of ketones is 1. The third-order valence-electron chi connectivity index (χ3n) is 4.19. The molecule has 138 valence electrons. The van der Waals surface area contributed by atoms with E-state index in [4.69, 9.17) is 9.47 Å². The number of para-hydroxylation sites is 1. The molecule has 0 radical (unpaired) electrons. The average Bonchev–Trinajstić information content (AvgIpc) is 2.66. The number of esters is 1. The highest BCUT2D eigenvalue weighted by Gasteiger charge is 2.15. The van der Waals surface area contributed by atoms with Crippen LogP contribution in [-0.2, 0) is 11.3 Å². The molecule has 5 nitrogen and oxygen atoms in total. The van der Waals surface area contributed by atoms with E-state index in [2.05, 4.69) is 4.98 Å². The molecule has 0 aliphatic carbocycles. The van der Waals surface area contributed by atoms with Crippen molar-refractivity contribution in [2.24, 2.45) is 0 Å². The maximum atomic E-state index is 12.7. The lowest BCUT2D eigenvalue weighted by Crippen LogP contribution is -2.09. The number of hydrogen-bond acceptors (Lipinski definition) is 5. The van der Waals surface area contributed by atoms with Gasteiger partial charge in [-0.2, -0.15) is 0 Å². The van der Waals surface area contributed by atoms with Crippen molar-refractivity contribution in [2.45, 2.75) is 27.4 Å². The van der Waals surface area contributed by atoms with Crippen LogP contribution in [0, 0.1) is 6.92 Å². The summed E-state index contributed by atoms with van der Waals surface area (Å²) in [6.45, 7) is 5.71. The van der Waals surface area contributed by atoms with Gasteiger partial charge in [0.25, 0.3) is 0 Å². The van der Waals surface area contributed by atoms with E-state index < -0.39 is 5.97 Å². The smallest absolute Gasteiger partial charge is 0.339 e. The van der Waals surface area contributed by atoms with E-state index in [1.807, 2.05) is 38.1 Å². The van der Waals surface area contributed by atoms with Crippen molar-refractivity contribution in [3.63, 3.8) is 0 Å². The van der Waals surface area contributed by atoms with Crippen LogP contribution in [0.4, 0.5) is 0 Å². The number of Topliss-reactive ketones (excluding diaryl/α,β-unsaturated/α-hetero) is 1. The molecule has 0 amide bonds. The predicted molar refractivity (Wildman–Crippen MR) is 103 cm³/mol. The van der Waals surface area contributed by atoms with Crippen LogP contribution >= 0.6 is 0 Å². The van der Waals surface area contributed by atoms with Gasteiger partial charge in [0, 0.05) is 22.2 Å². The summed E-state index contributed by atoms with van der Waals surface area (Å²) in [7, 11) is 0. The van der Waals surface area contributed by atoms with E-state index >= 15 is 0 Å². The van der Waals surface area contributed by atoms with Gasteiger partial charge in [-0.15, -0.1) is 0 Å². The number of fused-ring (bicyclic) bond motifs is 1. The number of benzene rings is 2. The number of ether oxygens (including phenoxy) is 2. The Morgan fingerprint density at radius 2 is 1.85 bits per heavy atom. The summed E-state index contributed by atoms with van der Waals surface area (Å²) in [5, 5.41) is 0.746. The van der Waals surface area contributed by atoms with Gasteiger partial charge in [0.2, 0.25) is 0 Å². The molecule has 0 saturated heterocycles. The Hall–Kier alpha value is -3.21. The molecule has 0 unspecified atom stereocenters. The highest BCUT2D eigenvalue weighted by Crippen LogP contribution is 2.24. The summed E-state index contributed by atoms with van der Waals surface area (Å²) in [6, 6.07) is 14.3. The van der Waals surface area contributed by atoms with Crippen LogP contribution in [0.15, 0.2) is 48.5 Å². The maximum Gasteiger partial charge on any atom is 0.339 e. The van der Waals surface area contributed by atoms with Gasteiger partial charge in [-0.05, 0) is 51.1 Å². The zero-order chi connectivity index (χ0) is 19.4. The molecule has 0 aliphatic heterocycles. The molecule has 0 aliphatic rings. The van der Waals surface area contributed by atoms with Crippen molar-refractivity contribution >= 4 is 22.7 Å². The van der Waals surface area contributed by atoms with Crippen molar-refractivity contribution in [1.82, 2.24) is 4.98 Å². The number of rotatable bonds is 6. The molecule has 1 aromatic heterocycles. The first kappa shape index (κ1) is 18.6. The van der Waals surface area contributed by atoms with Crippen LogP contribution in [0.25, 0.3) is 10.9 Å². The summed E-state index contributed by atoms with van der Waals surface area (Å²) < 4.78 is 11.1. The van der Waals surface area contributed by atoms with Crippen LogP contribution in [-0.4, -0.2) is 23.3 Å². The molecule has 27 heavy (non-hydrogen) atoms. The van der Waals surface area contributed by atoms with Crippen LogP contribution < -0.4 is 4.74 Å². The fourth-order valence-corrected chi connectivity index (χ4v) is 2.91. The van der Waals surface area contributed by atoms with Gasteiger partial charge in [0.1, 0.15) is 12.4 Å².